The highest BCUT2D eigenvalue weighted by molar-refractivity contribution is 14.0. The molecule has 2 heterocycles. The van der Waals surface area contributed by atoms with Crippen molar-refractivity contribution in [2.24, 2.45) is 10.9 Å². The van der Waals surface area contributed by atoms with Gasteiger partial charge in [0.1, 0.15) is 5.75 Å². The van der Waals surface area contributed by atoms with Crippen molar-refractivity contribution >= 4 is 29.9 Å². The fourth-order valence-electron chi connectivity index (χ4n) is 4.58. The molecule has 0 saturated carbocycles. The Balaban J connectivity index is 0.00000363. The quantitative estimate of drug-likeness (QED) is 0.275. The second kappa shape index (κ2) is 14.3. The van der Waals surface area contributed by atoms with Gasteiger partial charge in [-0.25, -0.2) is 0 Å². The minimum absolute atomic E-state index is 0. The van der Waals surface area contributed by atoms with E-state index in [0.29, 0.717) is 6.61 Å². The van der Waals surface area contributed by atoms with Crippen LogP contribution in [0.1, 0.15) is 51.5 Å². The number of benzene rings is 1. The Morgan fingerprint density at radius 1 is 1.09 bits per heavy atom. The normalized spacial score (nSPS) is 19.2. The average Bonchev–Trinajstić information content (AvgIpc) is 2.82. The molecule has 1 aromatic carbocycles. The summed E-state index contributed by atoms with van der Waals surface area (Å²) in [5.41, 5.74) is 1.36. The van der Waals surface area contributed by atoms with E-state index in [9.17, 15) is 0 Å². The van der Waals surface area contributed by atoms with Crippen LogP contribution in [0, 0.1) is 5.92 Å². The molecule has 0 radical (unpaired) electrons. The van der Waals surface area contributed by atoms with Gasteiger partial charge in [-0.1, -0.05) is 12.1 Å². The molecule has 2 fully saturated rings. The molecule has 0 bridgehead atoms. The number of nitrogens with one attached hydrogen (secondary N) is 1. The molecule has 0 aliphatic carbocycles. The first kappa shape index (κ1) is 27.2. The van der Waals surface area contributed by atoms with Crippen LogP contribution < -0.4 is 10.1 Å². The zero-order valence-electron chi connectivity index (χ0n) is 20.1. The van der Waals surface area contributed by atoms with Gasteiger partial charge < -0.3 is 24.4 Å². The van der Waals surface area contributed by atoms with Crippen molar-refractivity contribution in [1.82, 2.24) is 10.2 Å². The van der Waals surface area contributed by atoms with Crippen LogP contribution in [0.15, 0.2) is 29.3 Å². The molecule has 1 N–H and O–H groups in total. The molecule has 0 atom stereocenters. The van der Waals surface area contributed by atoms with E-state index in [0.717, 1.165) is 76.5 Å². The summed E-state index contributed by atoms with van der Waals surface area (Å²) in [7, 11) is 2.16. The summed E-state index contributed by atoms with van der Waals surface area (Å²) in [6, 6.07) is 8.61. The van der Waals surface area contributed by atoms with E-state index >= 15 is 0 Å². The van der Waals surface area contributed by atoms with Crippen molar-refractivity contribution < 1.29 is 14.2 Å². The summed E-state index contributed by atoms with van der Waals surface area (Å²) in [6.45, 7) is 10.9. The summed E-state index contributed by atoms with van der Waals surface area (Å²) >= 11 is 0. The number of rotatable bonds is 9. The third-order valence-corrected chi connectivity index (χ3v) is 6.67. The van der Waals surface area contributed by atoms with Crippen molar-refractivity contribution in [3.05, 3.63) is 29.8 Å². The Morgan fingerprint density at radius 2 is 1.75 bits per heavy atom. The fraction of sp³-hybridized carbons (Fsp3) is 0.720. The van der Waals surface area contributed by atoms with Crippen LogP contribution in [0.5, 0.6) is 5.75 Å². The third kappa shape index (κ3) is 7.76. The van der Waals surface area contributed by atoms with Gasteiger partial charge in [-0.3, -0.25) is 4.99 Å². The SMILES string of the molecule is CCNC(=NCC1(c2ccc(OCC)cc2)CCOCC1)N(C)CCC1CCOCC1.I. The highest BCUT2D eigenvalue weighted by Crippen LogP contribution is 2.36. The summed E-state index contributed by atoms with van der Waals surface area (Å²) in [5.74, 6) is 2.70. The zero-order chi connectivity index (χ0) is 21.9. The molecule has 0 spiro atoms. The maximum atomic E-state index is 5.71. The highest BCUT2D eigenvalue weighted by Gasteiger charge is 2.34. The van der Waals surface area contributed by atoms with Crippen LogP contribution in [0.25, 0.3) is 0 Å². The second-order valence-corrected chi connectivity index (χ2v) is 8.79. The summed E-state index contributed by atoms with van der Waals surface area (Å²) in [5, 5.41) is 3.50. The van der Waals surface area contributed by atoms with E-state index in [-0.39, 0.29) is 29.4 Å². The molecular weight excluding hydrogens is 517 g/mol. The van der Waals surface area contributed by atoms with Crippen molar-refractivity contribution in [3.63, 3.8) is 0 Å². The summed E-state index contributed by atoms with van der Waals surface area (Å²) < 4.78 is 16.9. The Labute approximate surface area is 211 Å². The van der Waals surface area contributed by atoms with Crippen molar-refractivity contribution in [1.29, 1.82) is 0 Å². The van der Waals surface area contributed by atoms with Crippen molar-refractivity contribution in [3.8, 4) is 5.75 Å². The average molecular weight is 560 g/mol. The van der Waals surface area contributed by atoms with E-state index in [1.807, 2.05) is 6.92 Å². The highest BCUT2D eigenvalue weighted by atomic mass is 127. The Hall–Kier alpha value is -1.06. The molecule has 6 nitrogen and oxygen atoms in total. The summed E-state index contributed by atoms with van der Waals surface area (Å²) in [6.07, 6.45) is 5.55. The number of nitrogens with zero attached hydrogens (tertiary/aromatic N) is 2. The molecule has 3 rings (SSSR count). The van der Waals surface area contributed by atoms with Crippen LogP contribution in [0.4, 0.5) is 0 Å². The van der Waals surface area contributed by atoms with Gasteiger partial charge in [-0.2, -0.15) is 0 Å². The molecule has 2 aliphatic heterocycles. The predicted octanol–water partition coefficient (Wildman–Crippen LogP) is 4.47. The molecular formula is C25H42IN3O3. The molecule has 32 heavy (non-hydrogen) atoms. The van der Waals surface area contributed by atoms with E-state index < -0.39 is 0 Å². The fourth-order valence-corrected chi connectivity index (χ4v) is 4.58. The lowest BCUT2D eigenvalue weighted by atomic mass is 9.74. The molecule has 0 unspecified atom stereocenters. The molecule has 182 valence electrons. The van der Waals surface area contributed by atoms with Gasteiger partial charge >= 0.3 is 0 Å². The second-order valence-electron chi connectivity index (χ2n) is 8.79. The van der Waals surface area contributed by atoms with Crippen molar-refractivity contribution in [2.75, 3.05) is 59.7 Å². The van der Waals surface area contributed by atoms with Gasteiger partial charge in [0.25, 0.3) is 0 Å². The molecule has 0 amide bonds. The zero-order valence-corrected chi connectivity index (χ0v) is 22.4. The molecule has 7 heteroatoms. The molecule has 2 saturated heterocycles. The maximum absolute atomic E-state index is 5.71. The monoisotopic (exact) mass is 559 g/mol. The number of ether oxygens (including phenoxy) is 3. The summed E-state index contributed by atoms with van der Waals surface area (Å²) in [4.78, 5) is 7.42. The van der Waals surface area contributed by atoms with Crippen LogP contribution in [-0.4, -0.2) is 70.6 Å². The maximum Gasteiger partial charge on any atom is 0.193 e. The van der Waals surface area contributed by atoms with Crippen LogP contribution in [0.3, 0.4) is 0 Å². The Bertz CT molecular complexity index is 672. The first-order valence-electron chi connectivity index (χ1n) is 12.0. The number of aliphatic imine (C=N–C) groups is 1. The first-order chi connectivity index (χ1) is 15.2. The van der Waals surface area contributed by atoms with Gasteiger partial charge in [0.15, 0.2) is 5.96 Å². The number of guanidine groups is 1. The van der Waals surface area contributed by atoms with Gasteiger partial charge in [0.2, 0.25) is 0 Å². The lowest BCUT2D eigenvalue weighted by molar-refractivity contribution is 0.0529. The lowest BCUT2D eigenvalue weighted by Gasteiger charge is -2.37. The molecule has 1 aromatic rings. The molecule has 0 aromatic heterocycles. The number of hydrogen-bond acceptors (Lipinski definition) is 4. The topological polar surface area (TPSA) is 55.3 Å². The van der Waals surface area contributed by atoms with Gasteiger partial charge in [0, 0.05) is 52.0 Å². The first-order valence-corrected chi connectivity index (χ1v) is 12.0. The van der Waals surface area contributed by atoms with Gasteiger partial charge in [-0.15, -0.1) is 24.0 Å². The lowest BCUT2D eigenvalue weighted by Crippen LogP contribution is -2.42. The number of halogens is 1. The molecule has 2 aliphatic rings. The van der Waals surface area contributed by atoms with Gasteiger partial charge in [-0.05, 0) is 69.6 Å². The van der Waals surface area contributed by atoms with E-state index in [2.05, 4.69) is 48.5 Å². The minimum atomic E-state index is 0. The van der Waals surface area contributed by atoms with E-state index in [1.54, 1.807) is 0 Å². The Morgan fingerprint density at radius 3 is 2.38 bits per heavy atom. The minimum Gasteiger partial charge on any atom is -0.494 e. The predicted molar refractivity (Wildman–Crippen MR) is 142 cm³/mol. The van der Waals surface area contributed by atoms with E-state index in [1.165, 1.54) is 24.8 Å². The van der Waals surface area contributed by atoms with Crippen LogP contribution >= 0.6 is 24.0 Å². The third-order valence-electron chi connectivity index (χ3n) is 6.67. The largest absolute Gasteiger partial charge is 0.494 e. The smallest absolute Gasteiger partial charge is 0.193 e. The number of hydrogen-bond donors (Lipinski definition) is 1. The van der Waals surface area contributed by atoms with Crippen LogP contribution in [-0.2, 0) is 14.9 Å². The van der Waals surface area contributed by atoms with Crippen LogP contribution in [0.2, 0.25) is 0 Å². The Kier molecular flexibility index (Phi) is 12.1. The van der Waals surface area contributed by atoms with Gasteiger partial charge in [0.05, 0.1) is 13.2 Å². The van der Waals surface area contributed by atoms with Crippen molar-refractivity contribution in [2.45, 2.75) is 51.4 Å². The van der Waals surface area contributed by atoms with E-state index in [4.69, 9.17) is 19.2 Å². The standard InChI is InChI=1S/C25H41N3O3.HI/c1-4-26-24(28(3)15-10-21-11-16-29-17-12-21)27-20-25(13-18-30-19-14-25)22-6-8-23(9-7-22)31-5-2;/h6-9,21H,4-5,10-20H2,1-3H3,(H,26,27);1H.